The molecule has 2 saturated carbocycles. The number of rotatable bonds is 3. The molecule has 0 saturated heterocycles. The van der Waals surface area contributed by atoms with Crippen LogP contribution in [0.15, 0.2) is 134 Å². The van der Waals surface area contributed by atoms with Crippen molar-refractivity contribution in [3.05, 3.63) is 152 Å². The zero-order valence-corrected chi connectivity index (χ0v) is 47.1. The number of anilines is 1. The lowest BCUT2D eigenvalue weighted by Gasteiger charge is -2.56. The molecule has 10 aliphatic rings. The Labute approximate surface area is 441 Å². The molecule has 8 aliphatic carbocycles. The maximum atomic E-state index is 7.19. The average molecular weight is 983 g/mol. The number of fused-ring (bicyclic) bond motifs is 11. The van der Waals surface area contributed by atoms with E-state index >= 15 is 0 Å². The highest BCUT2D eigenvalue weighted by molar-refractivity contribution is 7.25. The lowest BCUT2D eigenvalue weighted by atomic mass is 9.30. The molecule has 14 rings (SSSR count). The molecule has 0 N–H and O–H groups in total. The number of allylic oxidation sites excluding steroid dienone is 12. The molecule has 0 spiro atoms. The summed E-state index contributed by atoms with van der Waals surface area (Å²) in [5, 5.41) is 5.52. The molecule has 0 radical (unpaired) electrons. The van der Waals surface area contributed by atoms with Gasteiger partial charge >= 0.3 is 0 Å². The fraction of sp³-hybridized carbons (Fsp3) is 0.500. The van der Waals surface area contributed by atoms with Crippen molar-refractivity contribution in [2.75, 3.05) is 4.90 Å². The monoisotopic (exact) mass is 983 g/mol. The first kappa shape index (κ1) is 46.8. The first-order valence-corrected chi connectivity index (χ1v) is 29.5. The molecule has 4 unspecified atom stereocenters. The van der Waals surface area contributed by atoms with Gasteiger partial charge in [0, 0.05) is 32.4 Å². The van der Waals surface area contributed by atoms with Crippen molar-refractivity contribution < 1.29 is 4.42 Å². The van der Waals surface area contributed by atoms with Gasteiger partial charge in [0.25, 0.3) is 0 Å². The van der Waals surface area contributed by atoms with Crippen LogP contribution in [-0.4, -0.2) is 17.7 Å². The maximum absolute atomic E-state index is 7.19. The predicted octanol–water partition coefficient (Wildman–Crippen LogP) is 16.1. The summed E-state index contributed by atoms with van der Waals surface area (Å²) in [6.07, 6.45) is 36.9. The van der Waals surface area contributed by atoms with E-state index in [9.17, 15) is 0 Å². The second kappa shape index (κ2) is 15.5. The van der Waals surface area contributed by atoms with Crippen molar-refractivity contribution in [2.45, 2.75) is 177 Å². The lowest BCUT2D eigenvalue weighted by Crippen LogP contribution is -2.58. The van der Waals surface area contributed by atoms with E-state index in [1.807, 2.05) is 0 Å². The minimum absolute atomic E-state index is 0.104. The fourth-order valence-electron chi connectivity index (χ4n) is 16.6. The molecule has 2 aliphatic heterocycles. The van der Waals surface area contributed by atoms with Gasteiger partial charge in [0.05, 0.1) is 16.7 Å². The number of hydrogen-bond donors (Lipinski definition) is 0. The Morgan fingerprint density at radius 1 is 0.699 bits per heavy atom. The third kappa shape index (κ3) is 6.73. The Morgan fingerprint density at radius 3 is 2.19 bits per heavy atom. The van der Waals surface area contributed by atoms with Crippen molar-refractivity contribution in [1.29, 1.82) is 0 Å². The van der Waals surface area contributed by atoms with Crippen LogP contribution in [0.2, 0.25) is 0 Å². The summed E-state index contributed by atoms with van der Waals surface area (Å²) in [6, 6.07) is 14.4. The van der Waals surface area contributed by atoms with Crippen LogP contribution in [0.1, 0.15) is 171 Å². The molecule has 376 valence electrons. The van der Waals surface area contributed by atoms with E-state index in [-0.39, 0.29) is 45.2 Å². The first-order valence-electron chi connectivity index (χ1n) is 28.7. The summed E-state index contributed by atoms with van der Waals surface area (Å²) in [6.45, 7) is 30.8. The summed E-state index contributed by atoms with van der Waals surface area (Å²) in [4.78, 5) is 5.84. The highest BCUT2D eigenvalue weighted by Gasteiger charge is 2.56. The highest BCUT2D eigenvalue weighted by Crippen LogP contribution is 2.62. The normalized spacial score (nSPS) is 29.5. The van der Waals surface area contributed by atoms with E-state index in [1.165, 1.54) is 98.2 Å². The van der Waals surface area contributed by atoms with Gasteiger partial charge in [0.1, 0.15) is 5.58 Å². The number of nitrogens with zero attached hydrogens (tertiary/aromatic N) is 2. The molecule has 2 fully saturated rings. The molecule has 73 heavy (non-hydrogen) atoms. The van der Waals surface area contributed by atoms with E-state index < -0.39 is 0 Å². The smallest absolute Gasteiger partial charge is 0.248 e. The summed E-state index contributed by atoms with van der Waals surface area (Å²) in [5.74, 6) is 1.45. The van der Waals surface area contributed by atoms with E-state index in [0.717, 1.165) is 49.5 Å². The number of thiophene rings is 1. The summed E-state index contributed by atoms with van der Waals surface area (Å²) >= 11 is 2.13. The van der Waals surface area contributed by atoms with Gasteiger partial charge in [-0.2, -0.15) is 0 Å². The Morgan fingerprint density at radius 2 is 1.42 bits per heavy atom. The van der Waals surface area contributed by atoms with Gasteiger partial charge in [-0.25, -0.2) is 0 Å². The van der Waals surface area contributed by atoms with Crippen LogP contribution in [-0.2, 0) is 10.8 Å². The molecule has 4 heterocycles. The minimum atomic E-state index is 0.104. The zero-order valence-electron chi connectivity index (χ0n) is 46.2. The molecular formula is C68H79BN2OS. The number of furan rings is 1. The van der Waals surface area contributed by atoms with E-state index in [1.54, 1.807) is 33.1 Å². The van der Waals surface area contributed by atoms with E-state index in [0.29, 0.717) is 17.8 Å². The molecule has 4 aromatic rings. The third-order valence-corrected chi connectivity index (χ3v) is 22.7. The molecule has 0 amide bonds. The first-order chi connectivity index (χ1) is 34.6. The molecule has 2 aromatic heterocycles. The quantitative estimate of drug-likeness (QED) is 0.191. The van der Waals surface area contributed by atoms with Crippen molar-refractivity contribution >= 4 is 61.3 Å². The van der Waals surface area contributed by atoms with Gasteiger partial charge in [0.2, 0.25) is 6.71 Å². The largest absolute Gasteiger partial charge is 0.454 e. The van der Waals surface area contributed by atoms with Gasteiger partial charge in [-0.05, 0) is 202 Å². The standard InChI is InChI=1S/C68H79BN2OS/c1-63(2)27-28-64(3,4)47-35-42(25-26-46(47)63)70-55-33-41(40-19-14-13-15-20-40)34-56-60(55)69(59-45-36-48-51(39-58(45)73-62(59)70)68(11,12)32-29-65(48,5)6)52-37-49-50(67(9,10)31-30-66(49,7)8)38-54(52)71(56)53-23-18-22-44-43-21-16-17-24-57(43)72-61(44)53/h13-14,16-17,19,21-22,24-26,34-37,39,46-47,50,55H,15,18,20,23,27-33,38H2,1-12H3. The van der Waals surface area contributed by atoms with Crippen LogP contribution in [0.5, 0.6) is 0 Å². The second-order valence-electron chi connectivity index (χ2n) is 28.7. The summed E-state index contributed by atoms with van der Waals surface area (Å²) in [5.41, 5.74) is 21.5. The number of hydrogen-bond acceptors (Lipinski definition) is 4. The molecular weight excluding hydrogens is 904 g/mol. The van der Waals surface area contributed by atoms with Gasteiger partial charge in [-0.15, -0.1) is 11.3 Å². The van der Waals surface area contributed by atoms with Crippen LogP contribution in [0.3, 0.4) is 0 Å². The SMILES string of the molecule is CC1(C)CCC(C)(C)C2CC3=C(C=C21)B1C2=C(C=C(C4=CC=CCC4)CC2N(C2=CC4C(C=C2)C(C)(C)CCC4(C)C)c2sc4cc5c(cc4c21)C(C)(C)CCC5(C)C)N3C1=c2oc3ccccc3c2=CCC1. The Hall–Kier alpha value is -4.74. The van der Waals surface area contributed by atoms with Crippen LogP contribution in [0.4, 0.5) is 5.00 Å². The fourth-order valence-corrected chi connectivity index (χ4v) is 18.0. The maximum Gasteiger partial charge on any atom is 0.248 e. The van der Waals surface area contributed by atoms with E-state index in [4.69, 9.17) is 4.42 Å². The Kier molecular flexibility index (Phi) is 9.90. The Balaban J connectivity index is 1.12. The summed E-state index contributed by atoms with van der Waals surface area (Å²) in [7, 11) is 0. The van der Waals surface area contributed by atoms with Crippen molar-refractivity contribution in [3.8, 4) is 0 Å². The average Bonchev–Trinajstić information content (AvgIpc) is 3.95. The Bertz CT molecular complexity index is 3520. The van der Waals surface area contributed by atoms with Gasteiger partial charge in [-0.3, -0.25) is 0 Å². The number of para-hydroxylation sites is 1. The third-order valence-electron chi connectivity index (χ3n) is 21.6. The van der Waals surface area contributed by atoms with E-state index in [2.05, 4.69) is 195 Å². The minimum Gasteiger partial charge on any atom is -0.454 e. The summed E-state index contributed by atoms with van der Waals surface area (Å²) < 4.78 is 8.66. The van der Waals surface area contributed by atoms with Crippen LogP contribution < -0.4 is 21.0 Å². The predicted molar refractivity (Wildman–Crippen MR) is 310 cm³/mol. The molecule has 0 bridgehead atoms. The van der Waals surface area contributed by atoms with Crippen molar-refractivity contribution in [1.82, 2.24) is 4.90 Å². The molecule has 5 heteroatoms. The topological polar surface area (TPSA) is 19.6 Å². The molecule has 4 atom stereocenters. The van der Waals surface area contributed by atoms with Gasteiger partial charge in [-0.1, -0.05) is 149 Å². The number of benzene rings is 2. The lowest BCUT2D eigenvalue weighted by molar-refractivity contribution is 0.0326. The van der Waals surface area contributed by atoms with Gasteiger partial charge < -0.3 is 14.2 Å². The highest BCUT2D eigenvalue weighted by atomic mass is 32.1. The molecule has 2 aromatic carbocycles. The van der Waals surface area contributed by atoms with Crippen molar-refractivity contribution in [3.63, 3.8) is 0 Å². The second-order valence-corrected chi connectivity index (χ2v) is 29.7. The molecule has 3 nitrogen and oxygen atoms in total. The van der Waals surface area contributed by atoms with Crippen LogP contribution >= 0.6 is 11.3 Å². The van der Waals surface area contributed by atoms with Crippen LogP contribution in [0.25, 0.3) is 32.8 Å². The van der Waals surface area contributed by atoms with Gasteiger partial charge in [0.15, 0.2) is 5.42 Å². The van der Waals surface area contributed by atoms with Crippen molar-refractivity contribution in [2.24, 2.45) is 39.4 Å². The van der Waals surface area contributed by atoms with Crippen LogP contribution in [0, 0.1) is 39.4 Å². The zero-order chi connectivity index (χ0) is 50.5.